The van der Waals surface area contributed by atoms with Crippen LogP contribution < -0.4 is 0 Å². The maximum atomic E-state index is 5.31. The van der Waals surface area contributed by atoms with Crippen molar-refractivity contribution in [2.24, 2.45) is 0 Å². The molecule has 0 saturated carbocycles. The normalized spacial score (nSPS) is 39.4. The van der Waals surface area contributed by atoms with Gasteiger partial charge in [0.1, 0.15) is 0 Å². The van der Waals surface area contributed by atoms with Crippen molar-refractivity contribution in [2.45, 2.75) is 31.4 Å². The van der Waals surface area contributed by atoms with Crippen LogP contribution in [-0.2, 0) is 4.74 Å². The maximum absolute atomic E-state index is 5.31. The Morgan fingerprint density at radius 2 is 2.00 bits per heavy atom. The van der Waals surface area contributed by atoms with Crippen molar-refractivity contribution in [2.75, 3.05) is 39.3 Å². The molecule has 0 aromatic rings. The van der Waals surface area contributed by atoms with Gasteiger partial charge in [0.15, 0.2) is 0 Å². The van der Waals surface area contributed by atoms with E-state index in [2.05, 4.69) is 9.80 Å². The van der Waals surface area contributed by atoms with Gasteiger partial charge >= 0.3 is 0 Å². The Hall–Kier alpha value is -0.120. The first-order chi connectivity index (χ1) is 6.92. The molecule has 3 aliphatic heterocycles. The van der Waals surface area contributed by atoms with E-state index in [-0.39, 0.29) is 0 Å². The maximum Gasteiger partial charge on any atom is 0.0936 e. The van der Waals surface area contributed by atoms with E-state index in [1.165, 1.54) is 52.0 Å². The third-order valence-corrected chi connectivity index (χ3v) is 3.75. The van der Waals surface area contributed by atoms with Gasteiger partial charge in [0, 0.05) is 19.1 Å². The Balaban J connectivity index is 1.58. The molecule has 2 atom stereocenters. The summed E-state index contributed by atoms with van der Waals surface area (Å²) in [5.41, 5.74) is 0. The number of nitrogens with zero attached hydrogens (tertiary/aromatic N) is 2. The summed E-state index contributed by atoms with van der Waals surface area (Å²) >= 11 is 0. The van der Waals surface area contributed by atoms with Crippen LogP contribution in [0.15, 0.2) is 0 Å². The van der Waals surface area contributed by atoms with Gasteiger partial charge in [0.25, 0.3) is 0 Å². The van der Waals surface area contributed by atoms with Crippen molar-refractivity contribution >= 4 is 0 Å². The van der Waals surface area contributed by atoms with Crippen LogP contribution in [0.3, 0.4) is 0 Å². The van der Waals surface area contributed by atoms with Gasteiger partial charge in [-0.05, 0) is 38.9 Å². The topological polar surface area (TPSA) is 19.0 Å². The van der Waals surface area contributed by atoms with E-state index in [4.69, 9.17) is 4.74 Å². The number of fused-ring (bicyclic) bond motifs is 1. The molecule has 3 rings (SSSR count). The molecule has 0 aliphatic carbocycles. The van der Waals surface area contributed by atoms with E-state index in [9.17, 15) is 0 Å². The summed E-state index contributed by atoms with van der Waals surface area (Å²) in [6, 6.07) is 0.858. The number of rotatable bonds is 2. The first kappa shape index (κ1) is 9.13. The minimum Gasteiger partial charge on any atom is -0.372 e. The Kier molecular flexibility index (Phi) is 2.48. The number of epoxide rings is 1. The summed E-state index contributed by atoms with van der Waals surface area (Å²) in [5.74, 6) is 0. The first-order valence-electron chi connectivity index (χ1n) is 6.00. The molecule has 0 radical (unpaired) electrons. The fraction of sp³-hybridized carbons (Fsp3) is 1.00. The van der Waals surface area contributed by atoms with Crippen LogP contribution in [0, 0.1) is 0 Å². The Morgan fingerprint density at radius 1 is 1.14 bits per heavy atom. The molecule has 3 saturated heterocycles. The zero-order valence-corrected chi connectivity index (χ0v) is 8.82. The zero-order chi connectivity index (χ0) is 9.38. The molecule has 80 valence electrons. The largest absolute Gasteiger partial charge is 0.372 e. The summed E-state index contributed by atoms with van der Waals surface area (Å²) in [6.07, 6.45) is 4.76. The smallest absolute Gasteiger partial charge is 0.0936 e. The predicted molar refractivity (Wildman–Crippen MR) is 55.4 cm³/mol. The summed E-state index contributed by atoms with van der Waals surface area (Å²) in [7, 11) is 0. The molecule has 0 spiro atoms. The van der Waals surface area contributed by atoms with Crippen LogP contribution in [0.5, 0.6) is 0 Å². The second kappa shape index (κ2) is 3.80. The van der Waals surface area contributed by atoms with E-state index in [1.807, 2.05) is 0 Å². The molecule has 3 fully saturated rings. The Labute approximate surface area is 86.0 Å². The van der Waals surface area contributed by atoms with Gasteiger partial charge in [0.2, 0.25) is 0 Å². The van der Waals surface area contributed by atoms with Gasteiger partial charge < -0.3 is 4.74 Å². The lowest BCUT2D eigenvalue weighted by Gasteiger charge is -2.24. The number of hydrogen-bond acceptors (Lipinski definition) is 3. The molecule has 0 aromatic heterocycles. The monoisotopic (exact) mass is 196 g/mol. The average molecular weight is 196 g/mol. The molecule has 3 heteroatoms. The van der Waals surface area contributed by atoms with Crippen LogP contribution >= 0.6 is 0 Å². The standard InChI is InChI=1S/C11H20N2O/c1-3-10-7-12(8-11-9-14-11)4-2-6-13(10)5-1/h10-11H,1-9H2. The van der Waals surface area contributed by atoms with Gasteiger partial charge in [-0.25, -0.2) is 0 Å². The highest BCUT2D eigenvalue weighted by atomic mass is 16.6. The summed E-state index contributed by atoms with van der Waals surface area (Å²) in [4.78, 5) is 5.31. The van der Waals surface area contributed by atoms with Crippen LogP contribution in [-0.4, -0.2) is 61.3 Å². The minimum atomic E-state index is 0.572. The van der Waals surface area contributed by atoms with E-state index in [1.54, 1.807) is 0 Å². The highest BCUT2D eigenvalue weighted by Crippen LogP contribution is 2.22. The van der Waals surface area contributed by atoms with Crippen LogP contribution in [0.25, 0.3) is 0 Å². The van der Waals surface area contributed by atoms with Crippen LogP contribution in [0.1, 0.15) is 19.3 Å². The SMILES string of the molecule is C1CC2CN(CC3CO3)CCCN2C1. The van der Waals surface area contributed by atoms with E-state index >= 15 is 0 Å². The Morgan fingerprint density at radius 3 is 2.86 bits per heavy atom. The molecule has 0 aromatic carbocycles. The van der Waals surface area contributed by atoms with Crippen molar-refractivity contribution in [1.29, 1.82) is 0 Å². The lowest BCUT2D eigenvalue weighted by atomic mass is 10.2. The minimum absolute atomic E-state index is 0.572. The molecule has 0 N–H and O–H groups in total. The van der Waals surface area contributed by atoms with Gasteiger partial charge in [-0.1, -0.05) is 0 Å². The van der Waals surface area contributed by atoms with Gasteiger partial charge in [-0.15, -0.1) is 0 Å². The van der Waals surface area contributed by atoms with Crippen molar-refractivity contribution in [3.05, 3.63) is 0 Å². The molecule has 3 nitrogen and oxygen atoms in total. The molecule has 0 amide bonds. The van der Waals surface area contributed by atoms with Crippen LogP contribution in [0.2, 0.25) is 0 Å². The summed E-state index contributed by atoms with van der Waals surface area (Å²) in [5, 5.41) is 0. The third-order valence-electron chi connectivity index (χ3n) is 3.75. The fourth-order valence-electron chi connectivity index (χ4n) is 2.91. The average Bonchev–Trinajstić information content (AvgIpc) is 2.92. The summed E-state index contributed by atoms with van der Waals surface area (Å²) < 4.78 is 5.31. The van der Waals surface area contributed by atoms with Gasteiger partial charge in [0.05, 0.1) is 12.7 Å². The number of ether oxygens (including phenoxy) is 1. The summed E-state index contributed by atoms with van der Waals surface area (Å²) in [6.45, 7) is 7.44. The highest BCUT2D eigenvalue weighted by molar-refractivity contribution is 4.86. The molecule has 3 aliphatic rings. The quantitative estimate of drug-likeness (QED) is 0.601. The molecular formula is C11H20N2O. The lowest BCUT2D eigenvalue weighted by molar-refractivity contribution is 0.207. The second-order valence-electron chi connectivity index (χ2n) is 4.90. The van der Waals surface area contributed by atoms with E-state index in [0.29, 0.717) is 6.10 Å². The second-order valence-corrected chi connectivity index (χ2v) is 4.90. The van der Waals surface area contributed by atoms with Crippen molar-refractivity contribution in [1.82, 2.24) is 9.80 Å². The Bertz CT molecular complexity index is 205. The highest BCUT2D eigenvalue weighted by Gasteiger charge is 2.31. The molecule has 0 bridgehead atoms. The zero-order valence-electron chi connectivity index (χ0n) is 8.82. The number of hydrogen-bond donors (Lipinski definition) is 0. The molecule has 3 heterocycles. The molecular weight excluding hydrogens is 176 g/mol. The first-order valence-corrected chi connectivity index (χ1v) is 6.00. The molecule has 2 unspecified atom stereocenters. The third kappa shape index (κ3) is 1.95. The van der Waals surface area contributed by atoms with Crippen molar-refractivity contribution < 1.29 is 4.74 Å². The van der Waals surface area contributed by atoms with E-state index in [0.717, 1.165) is 12.6 Å². The predicted octanol–water partition coefficient (Wildman–Crippen LogP) is 0.555. The van der Waals surface area contributed by atoms with Gasteiger partial charge in [-0.2, -0.15) is 0 Å². The lowest BCUT2D eigenvalue weighted by Crippen LogP contribution is -2.38. The van der Waals surface area contributed by atoms with Crippen molar-refractivity contribution in [3.8, 4) is 0 Å². The molecule has 14 heavy (non-hydrogen) atoms. The van der Waals surface area contributed by atoms with Gasteiger partial charge in [-0.3, -0.25) is 9.80 Å². The van der Waals surface area contributed by atoms with Crippen molar-refractivity contribution in [3.63, 3.8) is 0 Å². The van der Waals surface area contributed by atoms with Crippen LogP contribution in [0.4, 0.5) is 0 Å². The van der Waals surface area contributed by atoms with E-state index < -0.39 is 0 Å². The fourth-order valence-corrected chi connectivity index (χ4v) is 2.91.